The number of aromatic nitrogens is 6. The van der Waals surface area contributed by atoms with Crippen LogP contribution in [-0.4, -0.2) is 155 Å². The molecule has 2 aromatic heterocycles. The number of carboxylic acid groups (broad SMARTS) is 2. The molecule has 0 aliphatic heterocycles. The van der Waals surface area contributed by atoms with E-state index in [9.17, 15) is 19.8 Å². The molecule has 0 saturated heterocycles. The Bertz CT molecular complexity index is 1290. The number of rotatable bonds is 35. The Morgan fingerprint density at radius 2 is 0.661 bits per heavy atom. The number of aliphatic carboxylic acids is 2. The maximum absolute atomic E-state index is 11.2. The number of unbranched alkanes of at least 4 members (excludes halogenated alkanes) is 10. The number of nitrogens with one attached hydrogen (secondary N) is 6. The Morgan fingerprint density at radius 3 is 0.946 bits per heavy atom. The van der Waals surface area contributed by atoms with E-state index in [4.69, 9.17) is 0 Å². The van der Waals surface area contributed by atoms with E-state index in [0.717, 1.165) is 51.6 Å². The van der Waals surface area contributed by atoms with Gasteiger partial charge in [-0.3, -0.25) is 0 Å². The second kappa shape index (κ2) is 27.3. The van der Waals surface area contributed by atoms with Crippen LogP contribution in [-0.2, 0) is 9.59 Å². The largest absolute Gasteiger partial charge is 0.477 e. The van der Waals surface area contributed by atoms with Crippen LogP contribution < -0.4 is 31.9 Å². The summed E-state index contributed by atoms with van der Waals surface area (Å²) in [6.45, 7) is 9.62. The molecule has 0 fully saturated rings. The molecule has 56 heavy (non-hydrogen) atoms. The van der Waals surface area contributed by atoms with Crippen LogP contribution in [0.4, 0.5) is 35.7 Å². The zero-order valence-corrected chi connectivity index (χ0v) is 35.3. The molecule has 2 aromatic rings. The average Bonchev–Trinajstić information content (AvgIpc) is 3.12. The Kier molecular flexibility index (Phi) is 23.3. The van der Waals surface area contributed by atoms with Crippen LogP contribution in [0.15, 0.2) is 0 Å². The first-order valence-electron chi connectivity index (χ1n) is 20.8. The van der Waals surface area contributed by atoms with Gasteiger partial charge < -0.3 is 51.1 Å². The van der Waals surface area contributed by atoms with Crippen LogP contribution in [0.2, 0.25) is 0 Å². The van der Waals surface area contributed by atoms with Gasteiger partial charge in [0.1, 0.15) is 0 Å². The fraction of sp³-hybridized carbons (Fsp3) is 0.789. The number of carboxylic acids is 2. The molecular weight excluding hydrogens is 717 g/mol. The summed E-state index contributed by atoms with van der Waals surface area (Å²) in [5.74, 6) is 1.12. The van der Waals surface area contributed by atoms with E-state index >= 15 is 0 Å². The van der Waals surface area contributed by atoms with Crippen molar-refractivity contribution in [3.05, 3.63) is 0 Å². The minimum Gasteiger partial charge on any atom is -0.477 e. The first kappa shape index (κ1) is 47.8. The lowest BCUT2D eigenvalue weighted by Crippen LogP contribution is -2.45. The number of carbonyl (C=O) groups is 2. The Hall–Kier alpha value is -4.32. The van der Waals surface area contributed by atoms with Crippen LogP contribution >= 0.6 is 0 Å². The van der Waals surface area contributed by atoms with Crippen molar-refractivity contribution in [3.8, 4) is 0 Å². The number of quaternary nitrogens is 2. The molecule has 0 unspecified atom stereocenters. The minimum atomic E-state index is -0.815. The van der Waals surface area contributed by atoms with Gasteiger partial charge in [0.25, 0.3) is 0 Å². The smallest absolute Gasteiger partial charge is 0.359 e. The topological polar surface area (TPSA) is 224 Å². The summed E-state index contributed by atoms with van der Waals surface area (Å²) in [6, 6.07) is 0. The molecule has 0 bridgehead atoms. The fourth-order valence-electron chi connectivity index (χ4n) is 6.09. The van der Waals surface area contributed by atoms with Crippen molar-refractivity contribution >= 4 is 47.6 Å². The molecule has 0 aromatic carbocycles. The maximum atomic E-state index is 11.2. The van der Waals surface area contributed by atoms with Gasteiger partial charge in [0, 0.05) is 52.1 Å². The Labute approximate surface area is 335 Å². The molecule has 0 aliphatic carbocycles. The van der Waals surface area contributed by atoms with Crippen molar-refractivity contribution in [2.45, 2.75) is 104 Å². The predicted octanol–water partition coefficient (Wildman–Crippen LogP) is 5.05. The van der Waals surface area contributed by atoms with Crippen molar-refractivity contribution in [3.63, 3.8) is 0 Å². The van der Waals surface area contributed by atoms with Crippen molar-refractivity contribution in [1.29, 1.82) is 0 Å². The number of anilines is 6. The monoisotopic (exact) mass is 791 g/mol. The Morgan fingerprint density at radius 1 is 0.411 bits per heavy atom. The average molecular weight is 791 g/mol. The highest BCUT2D eigenvalue weighted by molar-refractivity contribution is 5.68. The van der Waals surface area contributed by atoms with Gasteiger partial charge in [-0.25, -0.2) is 9.59 Å². The van der Waals surface area contributed by atoms with Gasteiger partial charge in [-0.05, 0) is 12.8 Å². The number of hydrogen-bond donors (Lipinski definition) is 8. The first-order valence-corrected chi connectivity index (χ1v) is 20.8. The van der Waals surface area contributed by atoms with Crippen LogP contribution in [0.1, 0.15) is 104 Å². The third kappa shape index (κ3) is 23.6. The van der Waals surface area contributed by atoms with E-state index in [0.29, 0.717) is 83.9 Å². The van der Waals surface area contributed by atoms with Gasteiger partial charge >= 0.3 is 11.9 Å². The second-order valence-corrected chi connectivity index (χ2v) is 15.8. The summed E-state index contributed by atoms with van der Waals surface area (Å²) in [6.07, 6.45) is 15.8. The van der Waals surface area contributed by atoms with E-state index in [1.807, 2.05) is 28.2 Å². The van der Waals surface area contributed by atoms with Gasteiger partial charge in [0.2, 0.25) is 35.7 Å². The zero-order valence-electron chi connectivity index (χ0n) is 35.3. The number of likely N-dealkylation sites (N-methyl/N-ethyl adjacent to an activating group) is 2. The number of hydrogen-bond acceptors (Lipinski definition) is 14. The lowest BCUT2D eigenvalue weighted by atomic mass is 10.1. The summed E-state index contributed by atoms with van der Waals surface area (Å²) in [5, 5.41) is 38.3. The van der Waals surface area contributed by atoms with Gasteiger partial charge in [0.05, 0.1) is 41.3 Å². The molecule has 2 heterocycles. The lowest BCUT2D eigenvalue weighted by Gasteiger charge is -2.27. The third-order valence-corrected chi connectivity index (χ3v) is 9.16. The molecule has 18 nitrogen and oxygen atoms in total. The summed E-state index contributed by atoms with van der Waals surface area (Å²) in [5.41, 5.74) is 0. The van der Waals surface area contributed by atoms with Crippen molar-refractivity contribution in [1.82, 2.24) is 29.9 Å². The summed E-state index contributed by atoms with van der Waals surface area (Å²) in [4.78, 5) is 50.1. The minimum absolute atomic E-state index is 0.0633. The first-order chi connectivity index (χ1) is 26.8. The van der Waals surface area contributed by atoms with E-state index < -0.39 is 11.9 Å². The molecule has 0 spiro atoms. The summed E-state index contributed by atoms with van der Waals surface area (Å²) < 4.78 is 0.779. The molecule has 8 N–H and O–H groups in total. The van der Waals surface area contributed by atoms with Crippen LogP contribution in [0, 0.1) is 0 Å². The molecule has 18 heteroatoms. The number of nitrogens with zero attached hydrogens (tertiary/aromatic N) is 8. The lowest BCUT2D eigenvalue weighted by molar-refractivity contribution is -0.883. The standard InChI is InChI=1S/C38H72N14O4/c1-7-9-11-13-15-17-21-39-33-45-35(41-23-19-27-51(3,4)29-31(53)54)49-37(47-33)43-25-26-44-38-48-34(40-22-18-16-14-12-10-8-2)46-36(50-38)42-24-20-28-52(5,6)30-32(55)56/h7-30H2,1-6H3,(H6-2,39,40,41,42,43,44,45,46,47,48,49,50,53,54,55,56)/p+2. The van der Waals surface area contributed by atoms with Crippen molar-refractivity contribution in [2.75, 3.05) is 126 Å². The van der Waals surface area contributed by atoms with E-state index in [1.165, 1.54) is 51.4 Å². The molecule has 0 saturated carbocycles. The van der Waals surface area contributed by atoms with E-state index in [2.05, 4.69) is 75.7 Å². The summed E-state index contributed by atoms with van der Waals surface area (Å²) >= 11 is 0. The quantitative estimate of drug-likeness (QED) is 0.0338. The Balaban J connectivity index is 2.03. The van der Waals surface area contributed by atoms with Crippen molar-refractivity contribution in [2.24, 2.45) is 0 Å². The SMILES string of the molecule is CCCCCCCCNc1nc(NCCC[N+](C)(C)CC(=O)O)nc(NCCNc2nc(NCCCCCCCC)nc(NCCC[N+](C)(C)CC(=O)O)n2)n1. The van der Waals surface area contributed by atoms with Crippen LogP contribution in [0.5, 0.6) is 0 Å². The molecule has 0 aliphatic rings. The highest BCUT2D eigenvalue weighted by Crippen LogP contribution is 2.13. The molecule has 0 amide bonds. The third-order valence-electron chi connectivity index (χ3n) is 9.16. The second-order valence-electron chi connectivity index (χ2n) is 15.8. The highest BCUT2D eigenvalue weighted by Gasteiger charge is 2.20. The van der Waals surface area contributed by atoms with Gasteiger partial charge in [0.15, 0.2) is 13.1 Å². The van der Waals surface area contributed by atoms with Gasteiger partial charge in [-0.15, -0.1) is 0 Å². The molecular formula is C38H74N14O4+2. The summed E-state index contributed by atoms with van der Waals surface area (Å²) in [7, 11) is 7.64. The molecule has 0 radical (unpaired) electrons. The normalized spacial score (nSPS) is 11.6. The van der Waals surface area contributed by atoms with E-state index in [1.54, 1.807) is 0 Å². The van der Waals surface area contributed by atoms with Gasteiger partial charge in [-0.1, -0.05) is 78.1 Å². The molecule has 0 atom stereocenters. The maximum Gasteiger partial charge on any atom is 0.359 e. The van der Waals surface area contributed by atoms with E-state index in [-0.39, 0.29) is 13.1 Å². The van der Waals surface area contributed by atoms with Crippen LogP contribution in [0.3, 0.4) is 0 Å². The fourth-order valence-corrected chi connectivity index (χ4v) is 6.09. The van der Waals surface area contributed by atoms with Crippen LogP contribution in [0.25, 0.3) is 0 Å². The predicted molar refractivity (Wildman–Crippen MR) is 226 cm³/mol. The molecule has 2 rings (SSSR count). The molecule has 318 valence electrons. The van der Waals surface area contributed by atoms with Gasteiger partial charge in [-0.2, -0.15) is 29.9 Å². The van der Waals surface area contributed by atoms with Crippen molar-refractivity contribution < 1.29 is 28.8 Å². The zero-order chi connectivity index (χ0) is 41.1. The highest BCUT2D eigenvalue weighted by atomic mass is 16.4.